The molecule has 0 saturated carbocycles. The number of aromatic amines is 2. The summed E-state index contributed by atoms with van der Waals surface area (Å²) in [4.78, 5) is 6.57. The first-order valence-corrected chi connectivity index (χ1v) is 7.78. The van der Waals surface area contributed by atoms with Crippen molar-refractivity contribution < 1.29 is 9.47 Å². The lowest BCUT2D eigenvalue weighted by Gasteiger charge is -2.16. The first kappa shape index (κ1) is 14.5. The molecule has 24 heavy (non-hydrogen) atoms. The topological polar surface area (TPSA) is 50.0 Å². The fraction of sp³-hybridized carbons (Fsp3) is 0.100. The van der Waals surface area contributed by atoms with Gasteiger partial charge in [0.1, 0.15) is 11.5 Å². The van der Waals surface area contributed by atoms with Gasteiger partial charge in [-0.2, -0.15) is 0 Å². The third-order valence-electron chi connectivity index (χ3n) is 4.28. The zero-order chi connectivity index (χ0) is 16.5. The van der Waals surface area contributed by atoms with Crippen molar-refractivity contribution in [3.63, 3.8) is 0 Å². The van der Waals surface area contributed by atoms with Crippen molar-refractivity contribution in [1.29, 1.82) is 0 Å². The highest BCUT2D eigenvalue weighted by molar-refractivity contribution is 6.07. The van der Waals surface area contributed by atoms with Gasteiger partial charge in [0.25, 0.3) is 0 Å². The lowest BCUT2D eigenvalue weighted by molar-refractivity contribution is 0.415. The molecule has 2 aromatic carbocycles. The van der Waals surface area contributed by atoms with Crippen molar-refractivity contribution in [3.05, 3.63) is 60.9 Å². The molecule has 0 aliphatic carbocycles. The van der Waals surface area contributed by atoms with Crippen LogP contribution >= 0.6 is 0 Å². The number of aromatic nitrogens is 2. The summed E-state index contributed by atoms with van der Waals surface area (Å²) in [5.41, 5.74) is 4.21. The second kappa shape index (κ2) is 5.81. The molecule has 0 atom stereocenters. The molecule has 4 aromatic rings. The Labute approximate surface area is 140 Å². The number of ether oxygens (including phenoxy) is 2. The smallest absolute Gasteiger partial charge is 0.129 e. The van der Waals surface area contributed by atoms with E-state index in [4.69, 9.17) is 9.47 Å². The van der Waals surface area contributed by atoms with Gasteiger partial charge in [0.05, 0.1) is 14.2 Å². The summed E-state index contributed by atoms with van der Waals surface area (Å²) in [7, 11) is 3.39. The van der Waals surface area contributed by atoms with E-state index in [1.807, 2.05) is 30.6 Å². The number of H-pyrrole nitrogens is 2. The molecule has 0 amide bonds. The molecular weight excluding hydrogens is 300 g/mol. The van der Waals surface area contributed by atoms with Gasteiger partial charge in [-0.3, -0.25) is 0 Å². The summed E-state index contributed by atoms with van der Waals surface area (Å²) in [6.07, 6.45) is 3.84. The normalized spacial score (nSPS) is 10.9. The maximum atomic E-state index is 5.71. The Morgan fingerprint density at radius 2 is 1.50 bits per heavy atom. The predicted octanol–water partition coefficient (Wildman–Crippen LogP) is 4.85. The van der Waals surface area contributed by atoms with E-state index in [1.165, 1.54) is 0 Å². The standard InChI is InChI=1S/C20H18N2O2/c1-23-13-7-8-14-15(11-13)16(17-5-3-9-21-17)12-19(24-2)20(14)18-6-4-10-22-18/h3-12,21-22H,1-2H3. The minimum atomic E-state index is 0.831. The van der Waals surface area contributed by atoms with Crippen molar-refractivity contribution in [2.24, 2.45) is 0 Å². The van der Waals surface area contributed by atoms with E-state index in [9.17, 15) is 0 Å². The lowest BCUT2D eigenvalue weighted by atomic mass is 9.95. The van der Waals surface area contributed by atoms with Crippen LogP contribution in [0.25, 0.3) is 33.3 Å². The molecule has 4 heteroatoms. The van der Waals surface area contributed by atoms with Crippen LogP contribution < -0.4 is 9.47 Å². The molecule has 2 aromatic heterocycles. The first-order chi connectivity index (χ1) is 11.8. The third-order valence-corrected chi connectivity index (χ3v) is 4.28. The van der Waals surface area contributed by atoms with Crippen molar-refractivity contribution >= 4 is 10.8 Å². The minimum absolute atomic E-state index is 0.831. The second-order valence-corrected chi connectivity index (χ2v) is 5.58. The summed E-state index contributed by atoms with van der Waals surface area (Å²) in [5, 5.41) is 2.23. The minimum Gasteiger partial charge on any atom is -0.497 e. The maximum Gasteiger partial charge on any atom is 0.129 e. The molecule has 0 saturated heterocycles. The summed E-state index contributed by atoms with van der Waals surface area (Å²) in [6.45, 7) is 0. The highest BCUT2D eigenvalue weighted by Crippen LogP contribution is 2.42. The van der Waals surface area contributed by atoms with E-state index in [-0.39, 0.29) is 0 Å². The van der Waals surface area contributed by atoms with Gasteiger partial charge < -0.3 is 19.4 Å². The molecule has 4 nitrogen and oxygen atoms in total. The molecule has 0 bridgehead atoms. The van der Waals surface area contributed by atoms with Crippen LogP contribution in [0.3, 0.4) is 0 Å². The Morgan fingerprint density at radius 1 is 0.750 bits per heavy atom. The van der Waals surface area contributed by atoms with Crippen LogP contribution in [-0.2, 0) is 0 Å². The molecule has 120 valence electrons. The van der Waals surface area contributed by atoms with E-state index in [1.54, 1.807) is 14.2 Å². The van der Waals surface area contributed by atoms with Crippen molar-refractivity contribution in [3.8, 4) is 34.0 Å². The molecule has 0 aliphatic heterocycles. The highest BCUT2D eigenvalue weighted by atomic mass is 16.5. The van der Waals surface area contributed by atoms with Crippen LogP contribution in [0.1, 0.15) is 0 Å². The number of nitrogens with one attached hydrogen (secondary N) is 2. The molecular formula is C20H18N2O2. The van der Waals surface area contributed by atoms with Crippen LogP contribution in [0.15, 0.2) is 60.9 Å². The van der Waals surface area contributed by atoms with E-state index in [0.29, 0.717) is 0 Å². The fourth-order valence-corrected chi connectivity index (χ4v) is 3.15. The van der Waals surface area contributed by atoms with Crippen LogP contribution in [0.2, 0.25) is 0 Å². The van der Waals surface area contributed by atoms with Gasteiger partial charge in [0.15, 0.2) is 0 Å². The molecule has 2 N–H and O–H groups in total. The largest absolute Gasteiger partial charge is 0.497 e. The van der Waals surface area contributed by atoms with Gasteiger partial charge in [-0.1, -0.05) is 0 Å². The quantitative estimate of drug-likeness (QED) is 0.565. The van der Waals surface area contributed by atoms with Crippen LogP contribution in [0.5, 0.6) is 11.5 Å². The molecule has 0 unspecified atom stereocenters. The Balaban J connectivity index is 2.12. The Kier molecular flexibility index (Phi) is 3.50. The fourth-order valence-electron chi connectivity index (χ4n) is 3.15. The van der Waals surface area contributed by atoms with Crippen LogP contribution in [0.4, 0.5) is 0 Å². The summed E-state index contributed by atoms with van der Waals surface area (Å²) < 4.78 is 11.1. The molecule has 2 heterocycles. The van der Waals surface area contributed by atoms with E-state index >= 15 is 0 Å². The number of hydrogen-bond acceptors (Lipinski definition) is 2. The summed E-state index contributed by atoms with van der Waals surface area (Å²) in [6, 6.07) is 16.3. The number of rotatable bonds is 4. The Bertz CT molecular complexity index is 971. The zero-order valence-corrected chi connectivity index (χ0v) is 13.6. The number of benzene rings is 2. The number of fused-ring (bicyclic) bond motifs is 1. The van der Waals surface area contributed by atoms with Gasteiger partial charge >= 0.3 is 0 Å². The molecule has 0 aliphatic rings. The Morgan fingerprint density at radius 3 is 2.12 bits per heavy atom. The van der Waals surface area contributed by atoms with Gasteiger partial charge in [-0.05, 0) is 59.3 Å². The van der Waals surface area contributed by atoms with Gasteiger partial charge in [-0.25, -0.2) is 0 Å². The number of hydrogen-bond donors (Lipinski definition) is 2. The second-order valence-electron chi connectivity index (χ2n) is 5.58. The molecule has 4 rings (SSSR count). The zero-order valence-electron chi connectivity index (χ0n) is 13.6. The first-order valence-electron chi connectivity index (χ1n) is 7.78. The summed E-state index contributed by atoms with van der Waals surface area (Å²) in [5.74, 6) is 1.66. The predicted molar refractivity (Wildman–Crippen MR) is 96.6 cm³/mol. The average Bonchev–Trinajstić information content (AvgIpc) is 3.33. The van der Waals surface area contributed by atoms with Crippen LogP contribution in [-0.4, -0.2) is 24.2 Å². The van der Waals surface area contributed by atoms with Crippen molar-refractivity contribution in [2.45, 2.75) is 0 Å². The molecule has 0 radical (unpaired) electrons. The van der Waals surface area contributed by atoms with Crippen molar-refractivity contribution in [1.82, 2.24) is 9.97 Å². The average molecular weight is 318 g/mol. The van der Waals surface area contributed by atoms with E-state index < -0.39 is 0 Å². The van der Waals surface area contributed by atoms with Gasteiger partial charge in [-0.15, -0.1) is 0 Å². The molecule has 0 fully saturated rings. The van der Waals surface area contributed by atoms with Crippen molar-refractivity contribution in [2.75, 3.05) is 14.2 Å². The van der Waals surface area contributed by atoms with Gasteiger partial charge in [0, 0.05) is 34.9 Å². The third kappa shape index (κ3) is 2.24. The lowest BCUT2D eigenvalue weighted by Crippen LogP contribution is -1.94. The van der Waals surface area contributed by atoms with E-state index in [0.717, 1.165) is 44.8 Å². The summed E-state index contributed by atoms with van der Waals surface area (Å²) >= 11 is 0. The Hall–Kier alpha value is -3.14. The van der Waals surface area contributed by atoms with E-state index in [2.05, 4.69) is 40.3 Å². The maximum absolute atomic E-state index is 5.71. The SMILES string of the molecule is COc1ccc2c(-c3ccc[nH]3)c(OC)cc(-c3ccc[nH]3)c2c1. The number of methoxy groups -OCH3 is 2. The highest BCUT2D eigenvalue weighted by Gasteiger charge is 2.17. The molecule has 0 spiro atoms. The van der Waals surface area contributed by atoms with Gasteiger partial charge in [0.2, 0.25) is 0 Å². The van der Waals surface area contributed by atoms with Crippen LogP contribution in [0, 0.1) is 0 Å². The monoisotopic (exact) mass is 318 g/mol.